The number of ether oxygens (including phenoxy) is 2. The number of fused-ring (bicyclic) bond motifs is 1. The van der Waals surface area contributed by atoms with Crippen LogP contribution >= 0.6 is 0 Å². The van der Waals surface area contributed by atoms with Crippen LogP contribution in [-0.4, -0.2) is 89.0 Å². The number of likely N-dealkylation sites (N-methyl/N-ethyl adjacent to an activating group) is 1. The molecule has 0 fully saturated rings. The van der Waals surface area contributed by atoms with Gasteiger partial charge >= 0.3 is 6.03 Å². The fourth-order valence-electron chi connectivity index (χ4n) is 3.67. The highest BCUT2D eigenvalue weighted by Crippen LogP contribution is 2.27. The van der Waals surface area contributed by atoms with Crippen LogP contribution < -0.4 is 14.8 Å². The highest BCUT2D eigenvalue weighted by atomic mass is 32.2. The van der Waals surface area contributed by atoms with E-state index in [4.69, 9.17) is 9.47 Å². The van der Waals surface area contributed by atoms with Gasteiger partial charge in [0.15, 0.2) is 0 Å². The smallest absolute Gasteiger partial charge is 0.317 e. The van der Waals surface area contributed by atoms with Gasteiger partial charge in [0.25, 0.3) is 5.91 Å². The van der Waals surface area contributed by atoms with E-state index in [0.717, 1.165) is 12.7 Å². The second kappa shape index (κ2) is 11.6. The topological polar surface area (TPSA) is 117 Å². The minimum absolute atomic E-state index is 0.0414. The first kappa shape index (κ1) is 26.7. The van der Waals surface area contributed by atoms with Gasteiger partial charge in [-0.25, -0.2) is 13.2 Å². The Labute approximate surface area is 196 Å². The Morgan fingerprint density at radius 1 is 1.27 bits per heavy atom. The predicted molar refractivity (Wildman–Crippen MR) is 127 cm³/mol. The zero-order valence-corrected chi connectivity index (χ0v) is 21.1. The van der Waals surface area contributed by atoms with Gasteiger partial charge in [-0.05, 0) is 25.5 Å². The van der Waals surface area contributed by atoms with Crippen LogP contribution in [0.1, 0.15) is 37.6 Å². The lowest BCUT2D eigenvalue weighted by molar-refractivity contribution is 0.0166. The average Bonchev–Trinajstić information content (AvgIpc) is 2.75. The molecular weight excluding hydrogens is 448 g/mol. The third kappa shape index (κ3) is 7.50. The van der Waals surface area contributed by atoms with E-state index in [1.165, 1.54) is 18.2 Å². The van der Waals surface area contributed by atoms with Gasteiger partial charge in [0, 0.05) is 45.8 Å². The second-order valence-electron chi connectivity index (χ2n) is 8.57. The minimum Gasteiger partial charge on any atom is -0.491 e. The SMILES string of the molecule is CCCNC(=O)N1C[C@H](C)[C@H](OC)CN(C)C(=O)c2ccc(NS(C)(=O)=O)cc2OC[C@@H]1C. The minimum atomic E-state index is -3.50. The van der Waals surface area contributed by atoms with E-state index < -0.39 is 10.0 Å². The van der Waals surface area contributed by atoms with Gasteiger partial charge < -0.3 is 24.6 Å². The fourth-order valence-corrected chi connectivity index (χ4v) is 4.22. The maximum absolute atomic E-state index is 13.2. The van der Waals surface area contributed by atoms with Crippen molar-refractivity contribution in [1.29, 1.82) is 0 Å². The monoisotopic (exact) mass is 484 g/mol. The lowest BCUT2D eigenvalue weighted by Gasteiger charge is -2.36. The summed E-state index contributed by atoms with van der Waals surface area (Å²) < 4.78 is 37.4. The van der Waals surface area contributed by atoms with Crippen molar-refractivity contribution in [2.24, 2.45) is 5.92 Å². The summed E-state index contributed by atoms with van der Waals surface area (Å²) in [6.45, 7) is 7.27. The molecule has 1 heterocycles. The summed E-state index contributed by atoms with van der Waals surface area (Å²) in [7, 11) is -0.235. The number of benzene rings is 1. The first-order valence-electron chi connectivity index (χ1n) is 11.0. The van der Waals surface area contributed by atoms with Crippen LogP contribution in [0.2, 0.25) is 0 Å². The zero-order valence-electron chi connectivity index (χ0n) is 20.3. The number of anilines is 1. The Hall–Kier alpha value is -2.53. The van der Waals surface area contributed by atoms with Gasteiger partial charge in [-0.2, -0.15) is 0 Å². The summed E-state index contributed by atoms with van der Waals surface area (Å²) in [6, 6.07) is 4.04. The lowest BCUT2D eigenvalue weighted by Crippen LogP contribution is -2.51. The van der Waals surface area contributed by atoms with Crippen LogP contribution in [0.25, 0.3) is 0 Å². The van der Waals surface area contributed by atoms with Crippen molar-refractivity contribution in [1.82, 2.24) is 15.1 Å². The van der Waals surface area contributed by atoms with Gasteiger partial charge in [0.05, 0.1) is 29.7 Å². The molecule has 3 amide bonds. The van der Waals surface area contributed by atoms with E-state index in [-0.39, 0.29) is 48.0 Å². The van der Waals surface area contributed by atoms with E-state index >= 15 is 0 Å². The molecule has 1 aromatic rings. The van der Waals surface area contributed by atoms with Crippen LogP contribution in [-0.2, 0) is 14.8 Å². The summed E-state index contributed by atoms with van der Waals surface area (Å²) in [5.41, 5.74) is 0.584. The molecular formula is C22H36N4O6S. The molecule has 0 spiro atoms. The highest BCUT2D eigenvalue weighted by Gasteiger charge is 2.30. The van der Waals surface area contributed by atoms with Gasteiger partial charge in [-0.3, -0.25) is 9.52 Å². The Balaban J connectivity index is 2.45. The quantitative estimate of drug-likeness (QED) is 0.660. The number of carbonyl (C=O) groups is 2. The number of rotatable bonds is 5. The standard InChI is InChI=1S/C22H36N4O6S/c1-7-10-23-22(28)26-12-15(2)20(31-5)13-25(4)21(27)18-9-8-17(24-33(6,29)30)11-19(18)32-14-16(26)3/h8-9,11,15-16,20,24H,7,10,12-14H2,1-6H3,(H,23,28)/t15-,16-,20+/m0/s1. The number of sulfonamides is 1. The second-order valence-corrected chi connectivity index (χ2v) is 10.3. The first-order valence-corrected chi connectivity index (χ1v) is 12.9. The van der Waals surface area contributed by atoms with E-state index in [0.29, 0.717) is 25.2 Å². The number of hydrogen-bond donors (Lipinski definition) is 2. The fraction of sp³-hybridized carbons (Fsp3) is 0.636. The van der Waals surface area contributed by atoms with Gasteiger partial charge in [0.2, 0.25) is 10.0 Å². The number of hydrogen-bond acceptors (Lipinski definition) is 6. The predicted octanol–water partition coefficient (Wildman–Crippen LogP) is 1.98. The van der Waals surface area contributed by atoms with Crippen LogP contribution in [0.5, 0.6) is 5.75 Å². The van der Waals surface area contributed by atoms with E-state index in [9.17, 15) is 18.0 Å². The molecule has 186 valence electrons. The van der Waals surface area contributed by atoms with Crippen LogP contribution in [0.3, 0.4) is 0 Å². The van der Waals surface area contributed by atoms with Crippen molar-refractivity contribution in [2.45, 2.75) is 39.3 Å². The van der Waals surface area contributed by atoms with Crippen LogP contribution in [0.4, 0.5) is 10.5 Å². The molecule has 1 aliphatic heterocycles. The Morgan fingerprint density at radius 3 is 2.58 bits per heavy atom. The summed E-state index contributed by atoms with van der Waals surface area (Å²) >= 11 is 0. The third-order valence-corrected chi connectivity index (χ3v) is 6.14. The summed E-state index contributed by atoms with van der Waals surface area (Å²) in [5, 5.41) is 2.92. The van der Waals surface area contributed by atoms with Crippen molar-refractivity contribution in [3.05, 3.63) is 23.8 Å². The molecule has 0 saturated carbocycles. The van der Waals surface area contributed by atoms with Gasteiger partial charge in [-0.1, -0.05) is 13.8 Å². The molecule has 0 bridgehead atoms. The van der Waals surface area contributed by atoms with Crippen LogP contribution in [0, 0.1) is 5.92 Å². The largest absolute Gasteiger partial charge is 0.491 e. The molecule has 0 aliphatic carbocycles. The van der Waals surface area contributed by atoms with Crippen molar-refractivity contribution in [3.63, 3.8) is 0 Å². The third-order valence-electron chi connectivity index (χ3n) is 5.54. The molecule has 0 radical (unpaired) electrons. The van der Waals surface area contributed by atoms with Gasteiger partial charge in [-0.15, -0.1) is 0 Å². The number of urea groups is 1. The summed E-state index contributed by atoms with van der Waals surface area (Å²) in [4.78, 5) is 29.3. The molecule has 1 aromatic carbocycles. The number of carbonyl (C=O) groups excluding carboxylic acids is 2. The van der Waals surface area contributed by atoms with Crippen molar-refractivity contribution >= 4 is 27.6 Å². The molecule has 11 heteroatoms. The highest BCUT2D eigenvalue weighted by molar-refractivity contribution is 7.92. The van der Waals surface area contributed by atoms with Crippen molar-refractivity contribution < 1.29 is 27.5 Å². The van der Waals surface area contributed by atoms with Gasteiger partial charge in [0.1, 0.15) is 12.4 Å². The van der Waals surface area contributed by atoms with Crippen molar-refractivity contribution in [3.8, 4) is 5.75 Å². The molecule has 0 saturated heterocycles. The maximum Gasteiger partial charge on any atom is 0.317 e. The first-order chi connectivity index (χ1) is 15.5. The lowest BCUT2D eigenvalue weighted by atomic mass is 10.0. The molecule has 2 rings (SSSR count). The molecule has 33 heavy (non-hydrogen) atoms. The number of methoxy groups -OCH3 is 1. The maximum atomic E-state index is 13.2. The van der Waals surface area contributed by atoms with E-state index in [1.807, 2.05) is 20.8 Å². The molecule has 0 aromatic heterocycles. The average molecular weight is 485 g/mol. The van der Waals surface area contributed by atoms with Crippen LogP contribution in [0.15, 0.2) is 18.2 Å². The molecule has 3 atom stereocenters. The summed E-state index contributed by atoms with van der Waals surface area (Å²) in [5.74, 6) is -0.0694. The zero-order chi connectivity index (χ0) is 24.8. The Bertz CT molecular complexity index is 939. The normalized spacial score (nSPS) is 22.5. The van der Waals surface area contributed by atoms with E-state index in [1.54, 1.807) is 24.0 Å². The molecule has 1 aliphatic rings. The number of nitrogens with one attached hydrogen (secondary N) is 2. The Kier molecular flexibility index (Phi) is 9.35. The number of amides is 3. The van der Waals surface area contributed by atoms with Crippen molar-refractivity contribution in [2.75, 3.05) is 51.4 Å². The molecule has 0 unspecified atom stereocenters. The Morgan fingerprint density at radius 2 is 1.97 bits per heavy atom. The summed E-state index contributed by atoms with van der Waals surface area (Å²) in [6.07, 6.45) is 1.58. The molecule has 2 N–H and O–H groups in total. The molecule has 10 nitrogen and oxygen atoms in total. The van der Waals surface area contributed by atoms with E-state index in [2.05, 4.69) is 10.0 Å². The number of nitrogens with zero attached hydrogens (tertiary/aromatic N) is 2.